The van der Waals surface area contributed by atoms with Gasteiger partial charge in [-0.25, -0.2) is 0 Å². The highest BCUT2D eigenvalue weighted by atomic mass is 35.5. The Bertz CT molecular complexity index is 670. The first kappa shape index (κ1) is 24.2. The Morgan fingerprint density at radius 3 is 2.71 bits per heavy atom. The van der Waals surface area contributed by atoms with E-state index in [1.54, 1.807) is 6.07 Å². The minimum atomic E-state index is -4.43. The molecule has 0 aliphatic carbocycles. The Kier molecular flexibility index (Phi) is 9.23. The summed E-state index contributed by atoms with van der Waals surface area (Å²) in [6.07, 6.45) is -1.63. The Morgan fingerprint density at radius 2 is 2.11 bits per heavy atom. The van der Waals surface area contributed by atoms with Crippen molar-refractivity contribution in [3.63, 3.8) is 0 Å². The van der Waals surface area contributed by atoms with Crippen molar-refractivity contribution in [2.75, 3.05) is 13.1 Å². The molecule has 1 fully saturated rings. The second kappa shape index (κ2) is 10.7. The molecule has 0 saturated carbocycles. The summed E-state index contributed by atoms with van der Waals surface area (Å²) in [7, 11) is 0. The molecule has 1 heterocycles. The molecule has 0 spiro atoms. The van der Waals surface area contributed by atoms with Gasteiger partial charge >= 0.3 is 6.18 Å². The highest BCUT2D eigenvalue weighted by Gasteiger charge is 2.35. The number of unbranched alkanes of at least 4 members (excludes halogenated alkanes) is 1. The molecule has 2 unspecified atom stereocenters. The average molecular weight is 422 g/mol. The number of carbonyl (C=O) groups excluding carboxylic acids is 2. The van der Waals surface area contributed by atoms with Crippen LogP contribution in [0.5, 0.6) is 0 Å². The monoisotopic (exact) mass is 421 g/mol. The van der Waals surface area contributed by atoms with Crippen LogP contribution in [0.4, 0.5) is 13.2 Å². The summed E-state index contributed by atoms with van der Waals surface area (Å²) in [5.74, 6) is -0.953. The second-order valence-electron chi connectivity index (χ2n) is 6.96. The fourth-order valence-corrected chi connectivity index (χ4v) is 3.19. The molecule has 1 saturated heterocycles. The predicted octanol–water partition coefficient (Wildman–Crippen LogP) is 3.11. The molecule has 0 radical (unpaired) electrons. The SMILES string of the molecule is CCCCC(CN)NC(=O)C1CC(=O)N(Cc2cccc(C(F)(F)F)c2)C1.Cl. The zero-order chi connectivity index (χ0) is 20.0. The van der Waals surface area contributed by atoms with Crippen LogP contribution in [0.25, 0.3) is 0 Å². The minimum absolute atomic E-state index is 0. The van der Waals surface area contributed by atoms with E-state index in [0.29, 0.717) is 12.1 Å². The predicted molar refractivity (Wildman–Crippen MR) is 103 cm³/mol. The van der Waals surface area contributed by atoms with Crippen molar-refractivity contribution in [1.82, 2.24) is 10.2 Å². The van der Waals surface area contributed by atoms with Crippen molar-refractivity contribution in [3.8, 4) is 0 Å². The van der Waals surface area contributed by atoms with Gasteiger partial charge in [-0.2, -0.15) is 13.2 Å². The van der Waals surface area contributed by atoms with Gasteiger partial charge in [0.1, 0.15) is 0 Å². The maximum atomic E-state index is 12.8. The van der Waals surface area contributed by atoms with Crippen LogP contribution in [-0.4, -0.2) is 35.8 Å². The first-order valence-corrected chi connectivity index (χ1v) is 9.19. The molecular formula is C19H27ClF3N3O2. The Labute approximate surface area is 169 Å². The summed E-state index contributed by atoms with van der Waals surface area (Å²) in [5.41, 5.74) is 5.33. The second-order valence-corrected chi connectivity index (χ2v) is 6.96. The topological polar surface area (TPSA) is 75.4 Å². The van der Waals surface area contributed by atoms with E-state index in [1.165, 1.54) is 11.0 Å². The molecule has 1 aliphatic heterocycles. The van der Waals surface area contributed by atoms with Crippen molar-refractivity contribution in [1.29, 1.82) is 0 Å². The zero-order valence-electron chi connectivity index (χ0n) is 15.8. The molecule has 28 heavy (non-hydrogen) atoms. The highest BCUT2D eigenvalue weighted by Crippen LogP contribution is 2.30. The number of carbonyl (C=O) groups is 2. The number of hydrogen-bond donors (Lipinski definition) is 2. The minimum Gasteiger partial charge on any atom is -0.352 e. The summed E-state index contributed by atoms with van der Waals surface area (Å²) < 4.78 is 38.5. The highest BCUT2D eigenvalue weighted by molar-refractivity contribution is 5.89. The van der Waals surface area contributed by atoms with Crippen LogP contribution in [0.3, 0.4) is 0 Å². The smallest absolute Gasteiger partial charge is 0.352 e. The maximum Gasteiger partial charge on any atom is 0.416 e. The molecule has 2 rings (SSSR count). The van der Waals surface area contributed by atoms with Gasteiger partial charge in [0.05, 0.1) is 11.5 Å². The van der Waals surface area contributed by atoms with E-state index in [4.69, 9.17) is 5.73 Å². The van der Waals surface area contributed by atoms with Gasteiger partial charge < -0.3 is 16.0 Å². The summed E-state index contributed by atoms with van der Waals surface area (Å²) in [5, 5.41) is 2.89. The number of hydrogen-bond acceptors (Lipinski definition) is 3. The lowest BCUT2D eigenvalue weighted by Gasteiger charge is -2.20. The van der Waals surface area contributed by atoms with E-state index in [2.05, 4.69) is 12.2 Å². The van der Waals surface area contributed by atoms with Crippen LogP contribution in [0.15, 0.2) is 24.3 Å². The molecule has 1 aromatic rings. The van der Waals surface area contributed by atoms with Gasteiger partial charge in [-0.15, -0.1) is 12.4 Å². The van der Waals surface area contributed by atoms with Crippen molar-refractivity contribution in [2.24, 2.45) is 11.7 Å². The van der Waals surface area contributed by atoms with E-state index in [1.807, 2.05) is 0 Å². The maximum absolute atomic E-state index is 12.8. The number of nitrogens with two attached hydrogens (primary N) is 1. The molecule has 5 nitrogen and oxygen atoms in total. The van der Waals surface area contributed by atoms with Crippen LogP contribution >= 0.6 is 12.4 Å². The van der Waals surface area contributed by atoms with Crippen molar-refractivity contribution >= 4 is 24.2 Å². The summed E-state index contributed by atoms with van der Waals surface area (Å²) in [4.78, 5) is 26.0. The third-order valence-electron chi connectivity index (χ3n) is 4.75. The molecule has 2 amide bonds. The molecule has 0 bridgehead atoms. The largest absolute Gasteiger partial charge is 0.416 e. The van der Waals surface area contributed by atoms with Crippen LogP contribution in [-0.2, 0) is 22.3 Å². The van der Waals surface area contributed by atoms with E-state index in [0.717, 1.165) is 31.4 Å². The zero-order valence-corrected chi connectivity index (χ0v) is 16.6. The summed E-state index contributed by atoms with van der Waals surface area (Å²) in [6, 6.07) is 4.78. The molecule has 2 atom stereocenters. The quantitative estimate of drug-likeness (QED) is 0.677. The molecule has 158 valence electrons. The molecule has 9 heteroatoms. The Balaban J connectivity index is 0.00000392. The summed E-state index contributed by atoms with van der Waals surface area (Å²) in [6.45, 7) is 2.64. The number of likely N-dealkylation sites (tertiary alicyclic amines) is 1. The lowest BCUT2D eigenvalue weighted by molar-refractivity contribution is -0.137. The lowest BCUT2D eigenvalue weighted by Crippen LogP contribution is -2.43. The van der Waals surface area contributed by atoms with Crippen LogP contribution < -0.4 is 11.1 Å². The number of rotatable bonds is 8. The third-order valence-corrected chi connectivity index (χ3v) is 4.75. The van der Waals surface area contributed by atoms with Crippen molar-refractivity contribution in [2.45, 2.75) is 51.4 Å². The number of alkyl halides is 3. The molecule has 0 aromatic heterocycles. The van der Waals surface area contributed by atoms with Gasteiger partial charge in [-0.3, -0.25) is 9.59 Å². The van der Waals surface area contributed by atoms with Crippen molar-refractivity contribution < 1.29 is 22.8 Å². The first-order valence-electron chi connectivity index (χ1n) is 9.19. The van der Waals surface area contributed by atoms with Gasteiger partial charge in [0.15, 0.2) is 0 Å². The van der Waals surface area contributed by atoms with Crippen LogP contribution in [0.1, 0.15) is 43.7 Å². The number of nitrogens with one attached hydrogen (secondary N) is 1. The molecule has 1 aliphatic rings. The van der Waals surface area contributed by atoms with E-state index >= 15 is 0 Å². The van der Waals surface area contributed by atoms with E-state index in [9.17, 15) is 22.8 Å². The van der Waals surface area contributed by atoms with E-state index < -0.39 is 17.7 Å². The Hall–Kier alpha value is -1.80. The van der Waals surface area contributed by atoms with Gasteiger partial charge in [0.25, 0.3) is 0 Å². The third kappa shape index (κ3) is 6.67. The van der Waals surface area contributed by atoms with Crippen molar-refractivity contribution in [3.05, 3.63) is 35.4 Å². The molecule has 1 aromatic carbocycles. The van der Waals surface area contributed by atoms with Crippen LogP contribution in [0.2, 0.25) is 0 Å². The lowest BCUT2D eigenvalue weighted by atomic mass is 10.1. The number of nitrogens with zero attached hydrogens (tertiary/aromatic N) is 1. The van der Waals surface area contributed by atoms with Crippen LogP contribution in [0, 0.1) is 5.92 Å². The van der Waals surface area contributed by atoms with E-state index in [-0.39, 0.29) is 49.8 Å². The van der Waals surface area contributed by atoms with Gasteiger partial charge in [0.2, 0.25) is 11.8 Å². The number of halogens is 4. The summed E-state index contributed by atoms with van der Waals surface area (Å²) >= 11 is 0. The fraction of sp³-hybridized carbons (Fsp3) is 0.579. The van der Waals surface area contributed by atoms with Gasteiger partial charge in [-0.05, 0) is 24.1 Å². The molecular weight excluding hydrogens is 395 g/mol. The normalized spacial score (nSPS) is 18.0. The Morgan fingerprint density at radius 1 is 1.39 bits per heavy atom. The number of amides is 2. The average Bonchev–Trinajstić information content (AvgIpc) is 2.98. The molecule has 3 N–H and O–H groups in total. The first-order chi connectivity index (χ1) is 12.7. The standard InChI is InChI=1S/C19H26F3N3O2.ClH/c1-2-3-7-16(10-23)24-18(27)14-9-17(26)25(12-14)11-13-5-4-6-15(8-13)19(20,21)22;/h4-6,8,14,16H,2-3,7,9-12,23H2,1H3,(H,24,27);1H. The van der Waals surface area contributed by atoms with Gasteiger partial charge in [0, 0.05) is 32.1 Å². The fourth-order valence-electron chi connectivity index (χ4n) is 3.19. The van der Waals surface area contributed by atoms with Gasteiger partial charge in [-0.1, -0.05) is 31.9 Å². The number of benzene rings is 1.